The van der Waals surface area contributed by atoms with Crippen LogP contribution in [0.2, 0.25) is 5.02 Å². The number of sulfone groups is 1. The molecule has 2 aromatic heterocycles. The van der Waals surface area contributed by atoms with E-state index in [-0.39, 0.29) is 29.0 Å². The number of carbonyl (C=O) groups is 1. The molecule has 0 bridgehead atoms. The van der Waals surface area contributed by atoms with Crippen molar-refractivity contribution in [2.75, 3.05) is 30.3 Å². The number of nitrogens with zero attached hydrogens (tertiary/aromatic N) is 4. The Morgan fingerprint density at radius 1 is 1.09 bits per heavy atom. The minimum absolute atomic E-state index is 0.0341. The third-order valence-corrected chi connectivity index (χ3v) is 8.34. The van der Waals surface area contributed by atoms with Crippen molar-refractivity contribution in [1.82, 2.24) is 14.3 Å². The Balaban J connectivity index is 1.24. The lowest BCUT2D eigenvalue weighted by Gasteiger charge is -2.41. The summed E-state index contributed by atoms with van der Waals surface area (Å²) in [6.45, 7) is 3.89. The van der Waals surface area contributed by atoms with Crippen molar-refractivity contribution in [2.24, 2.45) is 0 Å². The van der Waals surface area contributed by atoms with Gasteiger partial charge in [-0.1, -0.05) is 29.8 Å². The summed E-state index contributed by atoms with van der Waals surface area (Å²) in [6, 6.07) is 16.2. The number of fused-ring (bicyclic) bond motifs is 2. The topological polar surface area (TPSA) is 75.0 Å². The van der Waals surface area contributed by atoms with Crippen molar-refractivity contribution < 1.29 is 13.2 Å². The van der Waals surface area contributed by atoms with E-state index >= 15 is 0 Å². The fourth-order valence-electron chi connectivity index (χ4n) is 4.60. The van der Waals surface area contributed by atoms with Crippen molar-refractivity contribution in [3.8, 4) is 0 Å². The van der Waals surface area contributed by atoms with Crippen LogP contribution in [-0.4, -0.2) is 60.0 Å². The van der Waals surface area contributed by atoms with Crippen molar-refractivity contribution >= 4 is 49.6 Å². The number of pyridine rings is 1. The molecule has 176 valence electrons. The summed E-state index contributed by atoms with van der Waals surface area (Å²) < 4.78 is 27.9. The molecule has 1 saturated heterocycles. The Kier molecular flexibility index (Phi) is 5.95. The highest BCUT2D eigenvalue weighted by Crippen LogP contribution is 2.24. The van der Waals surface area contributed by atoms with Crippen molar-refractivity contribution in [2.45, 2.75) is 24.3 Å². The molecule has 4 aromatic rings. The lowest BCUT2D eigenvalue weighted by Crippen LogP contribution is -2.54. The summed E-state index contributed by atoms with van der Waals surface area (Å²) in [4.78, 5) is 21.6. The minimum atomic E-state index is -3.59. The van der Waals surface area contributed by atoms with Gasteiger partial charge in [0.2, 0.25) is 5.91 Å². The van der Waals surface area contributed by atoms with Crippen molar-refractivity contribution in [3.05, 3.63) is 72.0 Å². The summed E-state index contributed by atoms with van der Waals surface area (Å²) in [6.07, 6.45) is 3.66. The Bertz CT molecular complexity index is 1480. The van der Waals surface area contributed by atoms with Crippen LogP contribution in [0, 0.1) is 0 Å². The SMILES string of the molecule is CC1CN(c2cccc3nccn23)CCN1C(=O)CCS(=O)(=O)c1ccc2cc(Cl)ccc2c1. The van der Waals surface area contributed by atoms with Crippen LogP contribution in [0.3, 0.4) is 0 Å². The number of hydrogen-bond acceptors (Lipinski definition) is 5. The van der Waals surface area contributed by atoms with Gasteiger partial charge in [-0.3, -0.25) is 9.20 Å². The van der Waals surface area contributed by atoms with E-state index in [1.54, 1.807) is 47.5 Å². The predicted octanol–water partition coefficient (Wildman–Crippen LogP) is 4.04. The summed E-state index contributed by atoms with van der Waals surface area (Å²) in [5.41, 5.74) is 0.880. The monoisotopic (exact) mass is 496 g/mol. The van der Waals surface area contributed by atoms with Gasteiger partial charge in [-0.15, -0.1) is 0 Å². The summed E-state index contributed by atoms with van der Waals surface area (Å²) in [7, 11) is -3.59. The zero-order chi connectivity index (χ0) is 23.9. The lowest BCUT2D eigenvalue weighted by atomic mass is 10.1. The molecule has 5 rings (SSSR count). The molecular formula is C25H25ClN4O3S. The van der Waals surface area contributed by atoms with E-state index < -0.39 is 9.84 Å². The minimum Gasteiger partial charge on any atom is -0.354 e. The highest BCUT2D eigenvalue weighted by atomic mass is 35.5. The van der Waals surface area contributed by atoms with E-state index in [1.807, 2.05) is 35.7 Å². The third kappa shape index (κ3) is 4.35. The molecule has 7 nitrogen and oxygen atoms in total. The number of amides is 1. The quantitative estimate of drug-likeness (QED) is 0.417. The molecule has 34 heavy (non-hydrogen) atoms. The Morgan fingerprint density at radius 3 is 2.71 bits per heavy atom. The van der Waals surface area contributed by atoms with Crippen LogP contribution in [0.4, 0.5) is 5.82 Å². The van der Waals surface area contributed by atoms with Crippen LogP contribution < -0.4 is 4.90 Å². The fourth-order valence-corrected chi connectivity index (χ4v) is 6.04. The number of carbonyl (C=O) groups excluding carboxylic acids is 1. The van der Waals surface area contributed by atoms with Crippen LogP contribution >= 0.6 is 11.6 Å². The molecule has 3 heterocycles. The average molecular weight is 497 g/mol. The van der Waals surface area contributed by atoms with Gasteiger partial charge >= 0.3 is 0 Å². The fraction of sp³-hybridized carbons (Fsp3) is 0.280. The predicted molar refractivity (Wildman–Crippen MR) is 134 cm³/mol. The number of aromatic nitrogens is 2. The molecule has 1 amide bonds. The van der Waals surface area contributed by atoms with Crippen molar-refractivity contribution in [3.63, 3.8) is 0 Å². The van der Waals surface area contributed by atoms with Crippen molar-refractivity contribution in [1.29, 1.82) is 0 Å². The number of piperazine rings is 1. The largest absolute Gasteiger partial charge is 0.354 e. The molecule has 9 heteroatoms. The summed E-state index contributed by atoms with van der Waals surface area (Å²) in [5, 5.41) is 2.28. The van der Waals surface area contributed by atoms with E-state index in [1.165, 1.54) is 0 Å². The Labute approximate surface area is 203 Å². The first kappa shape index (κ1) is 22.7. The normalized spacial score (nSPS) is 16.9. The van der Waals surface area contributed by atoms with Gasteiger partial charge in [-0.05, 0) is 54.1 Å². The maximum atomic E-state index is 13.0. The summed E-state index contributed by atoms with van der Waals surface area (Å²) >= 11 is 6.02. The second kappa shape index (κ2) is 8.92. The maximum absolute atomic E-state index is 13.0. The van der Waals surface area contributed by atoms with E-state index in [4.69, 9.17) is 11.6 Å². The molecule has 0 N–H and O–H groups in total. The number of imidazole rings is 1. The molecule has 1 atom stereocenters. The van der Waals surface area contributed by atoms with E-state index in [0.29, 0.717) is 24.7 Å². The molecule has 2 aromatic carbocycles. The Morgan fingerprint density at radius 2 is 1.88 bits per heavy atom. The van der Waals surface area contributed by atoms with Gasteiger partial charge in [0.1, 0.15) is 11.5 Å². The smallest absolute Gasteiger partial charge is 0.223 e. The van der Waals surface area contributed by atoms with Crippen LogP contribution in [0.25, 0.3) is 16.4 Å². The zero-order valence-electron chi connectivity index (χ0n) is 18.8. The van der Waals surface area contributed by atoms with Gasteiger partial charge in [0.15, 0.2) is 9.84 Å². The molecule has 1 aliphatic heterocycles. The van der Waals surface area contributed by atoms with E-state index in [9.17, 15) is 13.2 Å². The number of hydrogen-bond donors (Lipinski definition) is 0. The van der Waals surface area contributed by atoms with Crippen LogP contribution in [0.15, 0.2) is 71.9 Å². The number of rotatable bonds is 5. The maximum Gasteiger partial charge on any atom is 0.223 e. The van der Waals surface area contributed by atoms with E-state index in [0.717, 1.165) is 22.2 Å². The second-order valence-electron chi connectivity index (χ2n) is 8.64. The molecule has 1 unspecified atom stereocenters. The highest BCUT2D eigenvalue weighted by molar-refractivity contribution is 7.91. The highest BCUT2D eigenvalue weighted by Gasteiger charge is 2.29. The third-order valence-electron chi connectivity index (χ3n) is 6.40. The molecule has 0 radical (unpaired) electrons. The zero-order valence-corrected chi connectivity index (χ0v) is 20.3. The standard InChI is InChI=1S/C25H25ClN4O3S/c1-18-17-28(24-4-2-3-23-27-10-11-30(23)24)12-13-29(18)25(31)9-14-34(32,33)22-8-6-19-15-21(26)7-5-20(19)16-22/h2-8,10-11,15-16,18H,9,12-14,17H2,1H3. The van der Waals surface area contributed by atoms with E-state index in [2.05, 4.69) is 9.88 Å². The van der Waals surface area contributed by atoms with Crippen LogP contribution in [-0.2, 0) is 14.6 Å². The Hall–Kier alpha value is -3.10. The van der Waals surface area contributed by atoms with Crippen LogP contribution in [0.1, 0.15) is 13.3 Å². The van der Waals surface area contributed by atoms with Gasteiger partial charge in [0.25, 0.3) is 0 Å². The first-order chi connectivity index (χ1) is 16.3. The lowest BCUT2D eigenvalue weighted by molar-refractivity contribution is -0.133. The molecule has 0 saturated carbocycles. The van der Waals surface area contributed by atoms with Gasteiger partial charge in [-0.25, -0.2) is 13.4 Å². The van der Waals surface area contributed by atoms with Gasteiger partial charge in [0.05, 0.1) is 10.6 Å². The van der Waals surface area contributed by atoms with Gasteiger partial charge < -0.3 is 9.80 Å². The first-order valence-electron chi connectivity index (χ1n) is 11.2. The number of halogens is 1. The van der Waals surface area contributed by atoms with Gasteiger partial charge in [-0.2, -0.15) is 0 Å². The number of anilines is 1. The molecule has 1 fully saturated rings. The first-order valence-corrected chi connectivity index (χ1v) is 13.2. The number of benzene rings is 2. The summed E-state index contributed by atoms with van der Waals surface area (Å²) in [5.74, 6) is 0.685. The second-order valence-corrected chi connectivity index (χ2v) is 11.2. The molecule has 0 aliphatic carbocycles. The van der Waals surface area contributed by atoms with Crippen LogP contribution in [0.5, 0.6) is 0 Å². The average Bonchev–Trinajstić information content (AvgIpc) is 3.31. The molecule has 0 spiro atoms. The molecular weight excluding hydrogens is 472 g/mol. The van der Waals surface area contributed by atoms with Gasteiger partial charge in [0, 0.05) is 49.5 Å². The molecule has 1 aliphatic rings.